The minimum absolute atomic E-state index is 0.936. The summed E-state index contributed by atoms with van der Waals surface area (Å²) in [5.74, 6) is 0. The van der Waals surface area contributed by atoms with Crippen LogP contribution in [-0.4, -0.2) is 4.98 Å². The van der Waals surface area contributed by atoms with Crippen molar-refractivity contribution in [3.63, 3.8) is 0 Å². The van der Waals surface area contributed by atoms with Gasteiger partial charge in [-0.3, -0.25) is 3.97 Å². The topological polar surface area (TPSA) is 16.8 Å². The third-order valence-electron chi connectivity index (χ3n) is 2.44. The smallest absolute Gasteiger partial charge is 0.216 e. The second-order valence-corrected chi connectivity index (χ2v) is 3.75. The second-order valence-electron chi connectivity index (χ2n) is 3.38. The van der Waals surface area contributed by atoms with Gasteiger partial charge in [0.05, 0.1) is 0 Å². The Bertz CT molecular complexity index is 595. The van der Waals surface area contributed by atoms with Crippen LogP contribution in [0.15, 0.2) is 48.5 Å². The molecule has 2 aromatic carbocycles. The minimum atomic E-state index is 0.936. The van der Waals surface area contributed by atoms with Crippen LogP contribution in [0, 0.1) is 0 Å². The van der Waals surface area contributed by atoms with Gasteiger partial charge in [-0.1, -0.05) is 24.3 Å². The SMILES string of the molecule is [S-][n+]1c2ccccc2nc2ccccc21. The summed E-state index contributed by atoms with van der Waals surface area (Å²) in [6, 6.07) is 15.8. The van der Waals surface area contributed by atoms with Crippen molar-refractivity contribution in [2.45, 2.75) is 0 Å². The molecule has 0 bridgehead atoms. The van der Waals surface area contributed by atoms with Crippen LogP contribution in [0.3, 0.4) is 0 Å². The highest BCUT2D eigenvalue weighted by Gasteiger charge is 2.07. The summed E-state index contributed by atoms with van der Waals surface area (Å²) in [6.07, 6.45) is 0. The molecule has 2 nitrogen and oxygen atoms in total. The maximum Gasteiger partial charge on any atom is 0.216 e. The lowest BCUT2D eigenvalue weighted by molar-refractivity contribution is -0.429. The first-order chi connectivity index (χ1) is 7.36. The number of aromatic nitrogens is 2. The molecule has 0 saturated carbocycles. The van der Waals surface area contributed by atoms with Crippen molar-refractivity contribution in [1.29, 1.82) is 0 Å². The van der Waals surface area contributed by atoms with E-state index in [1.807, 2.05) is 48.5 Å². The molecule has 72 valence electrons. The second kappa shape index (κ2) is 3.14. The molecular weight excluding hydrogens is 204 g/mol. The number of nitrogens with zero attached hydrogens (tertiary/aromatic N) is 2. The van der Waals surface area contributed by atoms with E-state index >= 15 is 0 Å². The molecule has 3 rings (SSSR count). The van der Waals surface area contributed by atoms with Crippen LogP contribution in [0.1, 0.15) is 0 Å². The lowest BCUT2D eigenvalue weighted by Crippen LogP contribution is -2.28. The molecule has 3 heteroatoms. The van der Waals surface area contributed by atoms with E-state index < -0.39 is 0 Å². The van der Waals surface area contributed by atoms with Crippen molar-refractivity contribution in [3.05, 3.63) is 48.5 Å². The molecule has 0 fully saturated rings. The summed E-state index contributed by atoms with van der Waals surface area (Å²) in [7, 11) is 0. The Balaban J connectivity index is 2.60. The van der Waals surface area contributed by atoms with Crippen LogP contribution < -0.4 is 3.97 Å². The largest absolute Gasteiger partial charge is 0.426 e. The molecule has 0 aliphatic rings. The molecule has 0 saturated heterocycles. The summed E-state index contributed by atoms with van der Waals surface area (Å²) in [5, 5.41) is 0. The summed E-state index contributed by atoms with van der Waals surface area (Å²) in [5.41, 5.74) is 3.83. The van der Waals surface area contributed by atoms with Crippen molar-refractivity contribution >= 4 is 34.9 Å². The van der Waals surface area contributed by atoms with Crippen LogP contribution in [-0.2, 0) is 12.8 Å². The van der Waals surface area contributed by atoms with Gasteiger partial charge in [-0.2, -0.15) is 0 Å². The van der Waals surface area contributed by atoms with Gasteiger partial charge < -0.3 is 12.8 Å². The van der Waals surface area contributed by atoms with Gasteiger partial charge in [0.25, 0.3) is 0 Å². The van der Waals surface area contributed by atoms with Crippen LogP contribution >= 0.6 is 0 Å². The average molecular weight is 212 g/mol. The van der Waals surface area contributed by atoms with E-state index in [0.29, 0.717) is 0 Å². The first kappa shape index (κ1) is 8.56. The van der Waals surface area contributed by atoms with Crippen molar-refractivity contribution < 1.29 is 3.97 Å². The lowest BCUT2D eigenvalue weighted by atomic mass is 10.2. The number of hydrogen-bond acceptors (Lipinski definition) is 2. The molecule has 15 heavy (non-hydrogen) atoms. The fraction of sp³-hybridized carbons (Fsp3) is 0. The van der Waals surface area contributed by atoms with E-state index in [1.54, 1.807) is 3.97 Å². The van der Waals surface area contributed by atoms with E-state index in [9.17, 15) is 0 Å². The predicted octanol–water partition coefficient (Wildman–Crippen LogP) is 1.99. The number of rotatable bonds is 0. The average Bonchev–Trinajstić information content (AvgIpc) is 2.30. The van der Waals surface area contributed by atoms with Gasteiger partial charge in [0.1, 0.15) is 11.0 Å². The number of para-hydroxylation sites is 4. The molecule has 0 aliphatic heterocycles. The Morgan fingerprint density at radius 2 is 1.27 bits per heavy atom. The monoisotopic (exact) mass is 212 g/mol. The Morgan fingerprint density at radius 1 is 0.800 bits per heavy atom. The fourth-order valence-electron chi connectivity index (χ4n) is 1.72. The Morgan fingerprint density at radius 3 is 1.80 bits per heavy atom. The van der Waals surface area contributed by atoms with Gasteiger partial charge in [0.2, 0.25) is 11.0 Å². The summed E-state index contributed by atoms with van der Waals surface area (Å²) >= 11 is 5.37. The maximum atomic E-state index is 5.37. The first-order valence-corrected chi connectivity index (χ1v) is 5.10. The van der Waals surface area contributed by atoms with Crippen LogP contribution in [0.5, 0.6) is 0 Å². The molecule has 1 heterocycles. The van der Waals surface area contributed by atoms with E-state index in [1.165, 1.54) is 0 Å². The molecule has 0 unspecified atom stereocenters. The molecule has 3 aromatic rings. The van der Waals surface area contributed by atoms with E-state index in [-0.39, 0.29) is 0 Å². The molecule has 0 N–H and O–H groups in total. The van der Waals surface area contributed by atoms with Crippen LogP contribution in [0.4, 0.5) is 0 Å². The standard InChI is InChI=1S/C12H8N2S/c15-14-11-7-3-1-5-9(11)13-10-6-2-4-8-12(10)14/h1-8H. The van der Waals surface area contributed by atoms with Crippen LogP contribution in [0.25, 0.3) is 22.1 Å². The summed E-state index contributed by atoms with van der Waals surface area (Å²) < 4.78 is 1.76. The molecule has 0 radical (unpaired) electrons. The first-order valence-electron chi connectivity index (χ1n) is 4.73. The number of hydrogen-bond donors (Lipinski definition) is 0. The maximum absolute atomic E-state index is 5.37. The van der Waals surface area contributed by atoms with Crippen LogP contribution in [0.2, 0.25) is 0 Å². The molecule has 0 aliphatic carbocycles. The number of benzene rings is 2. The normalized spacial score (nSPS) is 10.9. The van der Waals surface area contributed by atoms with Crippen molar-refractivity contribution in [3.8, 4) is 0 Å². The molecule has 0 atom stereocenters. The Hall–Kier alpha value is -1.74. The van der Waals surface area contributed by atoms with Crippen molar-refractivity contribution in [1.82, 2.24) is 4.98 Å². The highest BCUT2D eigenvalue weighted by atomic mass is 32.1. The van der Waals surface area contributed by atoms with Gasteiger partial charge in [0.15, 0.2) is 0 Å². The molecular formula is C12H8N2S. The zero-order valence-electron chi connectivity index (χ0n) is 7.92. The Kier molecular flexibility index (Phi) is 1.79. The van der Waals surface area contributed by atoms with Gasteiger partial charge in [-0.15, -0.1) is 0 Å². The van der Waals surface area contributed by atoms with E-state index in [0.717, 1.165) is 22.1 Å². The van der Waals surface area contributed by atoms with E-state index in [4.69, 9.17) is 12.8 Å². The van der Waals surface area contributed by atoms with Gasteiger partial charge in [-0.25, -0.2) is 4.98 Å². The fourth-order valence-corrected chi connectivity index (χ4v) is 2.03. The zero-order valence-corrected chi connectivity index (χ0v) is 8.74. The molecule has 1 aromatic heterocycles. The molecule has 0 amide bonds. The molecule has 0 spiro atoms. The lowest BCUT2D eigenvalue weighted by Gasteiger charge is -2.05. The van der Waals surface area contributed by atoms with Crippen molar-refractivity contribution in [2.75, 3.05) is 0 Å². The Labute approximate surface area is 92.7 Å². The number of fused-ring (bicyclic) bond motifs is 2. The van der Waals surface area contributed by atoms with E-state index in [2.05, 4.69) is 4.98 Å². The third-order valence-corrected chi connectivity index (χ3v) is 2.84. The highest BCUT2D eigenvalue weighted by molar-refractivity contribution is 7.51. The quantitative estimate of drug-likeness (QED) is 0.322. The zero-order chi connectivity index (χ0) is 10.3. The minimum Gasteiger partial charge on any atom is -0.426 e. The summed E-state index contributed by atoms with van der Waals surface area (Å²) in [6.45, 7) is 0. The third kappa shape index (κ3) is 1.24. The van der Waals surface area contributed by atoms with Gasteiger partial charge in [0, 0.05) is 12.1 Å². The summed E-state index contributed by atoms with van der Waals surface area (Å²) in [4.78, 5) is 4.55. The predicted molar refractivity (Wildman–Crippen MR) is 62.2 cm³/mol. The van der Waals surface area contributed by atoms with Gasteiger partial charge in [-0.05, 0) is 12.1 Å². The van der Waals surface area contributed by atoms with Gasteiger partial charge >= 0.3 is 0 Å². The highest BCUT2D eigenvalue weighted by Crippen LogP contribution is 2.12. The van der Waals surface area contributed by atoms with Crippen molar-refractivity contribution in [2.24, 2.45) is 0 Å².